The van der Waals surface area contributed by atoms with E-state index in [0.29, 0.717) is 17.7 Å². The lowest BCUT2D eigenvalue weighted by Gasteiger charge is -2.51. The van der Waals surface area contributed by atoms with Crippen LogP contribution in [0.2, 0.25) is 0 Å². The van der Waals surface area contributed by atoms with Gasteiger partial charge in [0.1, 0.15) is 5.75 Å². The second kappa shape index (κ2) is 3.74. The molecule has 3 atom stereocenters. The highest BCUT2D eigenvalue weighted by Gasteiger charge is 2.46. The zero-order chi connectivity index (χ0) is 12.0. The normalized spacial score (nSPS) is 35.4. The fourth-order valence-corrected chi connectivity index (χ4v) is 4.08. The van der Waals surface area contributed by atoms with Crippen LogP contribution in [0.1, 0.15) is 37.8 Å². The summed E-state index contributed by atoms with van der Waals surface area (Å²) in [4.78, 5) is 0. The Morgan fingerprint density at radius 3 is 3.06 bits per heavy atom. The van der Waals surface area contributed by atoms with Crippen LogP contribution in [0.3, 0.4) is 0 Å². The van der Waals surface area contributed by atoms with Crippen molar-refractivity contribution >= 4 is 0 Å². The van der Waals surface area contributed by atoms with Crippen LogP contribution in [-0.2, 0) is 11.8 Å². The van der Waals surface area contributed by atoms with Gasteiger partial charge in [-0.3, -0.25) is 0 Å². The zero-order valence-corrected chi connectivity index (χ0v) is 10.7. The van der Waals surface area contributed by atoms with E-state index in [2.05, 4.69) is 25.2 Å². The summed E-state index contributed by atoms with van der Waals surface area (Å²) in [6, 6.07) is 6.55. The van der Waals surface area contributed by atoms with E-state index in [1.54, 1.807) is 0 Å². The highest BCUT2D eigenvalue weighted by Crippen LogP contribution is 2.48. The molecule has 2 aliphatic rings. The molecule has 1 saturated heterocycles. The fourth-order valence-electron chi connectivity index (χ4n) is 4.08. The second-order valence-electron chi connectivity index (χ2n) is 5.79. The predicted octanol–water partition coefficient (Wildman–Crippen LogP) is 2.59. The summed E-state index contributed by atoms with van der Waals surface area (Å²) in [5.74, 6) is 1.11. The molecule has 1 heterocycles. The lowest BCUT2D eigenvalue weighted by molar-refractivity contribution is 0.137. The first-order valence-electron chi connectivity index (χ1n) is 6.71. The third kappa shape index (κ3) is 1.50. The van der Waals surface area contributed by atoms with Crippen molar-refractivity contribution in [1.29, 1.82) is 0 Å². The number of fused-ring (bicyclic) bond motifs is 4. The lowest BCUT2D eigenvalue weighted by atomic mass is 9.58. The van der Waals surface area contributed by atoms with Gasteiger partial charge in [-0.1, -0.05) is 26.3 Å². The summed E-state index contributed by atoms with van der Waals surface area (Å²) in [5, 5.41) is 13.4. The van der Waals surface area contributed by atoms with Crippen LogP contribution in [0, 0.1) is 5.92 Å². The van der Waals surface area contributed by atoms with E-state index < -0.39 is 0 Å². The van der Waals surface area contributed by atoms with Gasteiger partial charge < -0.3 is 10.4 Å². The van der Waals surface area contributed by atoms with Crippen molar-refractivity contribution in [1.82, 2.24) is 5.32 Å². The van der Waals surface area contributed by atoms with Crippen LogP contribution < -0.4 is 5.32 Å². The van der Waals surface area contributed by atoms with E-state index in [-0.39, 0.29) is 5.41 Å². The number of benzene rings is 1. The lowest BCUT2D eigenvalue weighted by Crippen LogP contribution is -2.57. The summed E-state index contributed by atoms with van der Waals surface area (Å²) in [7, 11) is 0. The zero-order valence-electron chi connectivity index (χ0n) is 10.7. The Bertz CT molecular complexity index is 443. The minimum Gasteiger partial charge on any atom is -0.508 e. The van der Waals surface area contributed by atoms with E-state index in [1.807, 2.05) is 12.1 Å². The van der Waals surface area contributed by atoms with Gasteiger partial charge in [0.2, 0.25) is 0 Å². The summed E-state index contributed by atoms with van der Waals surface area (Å²) < 4.78 is 0. The third-order valence-corrected chi connectivity index (χ3v) is 4.94. The summed E-state index contributed by atoms with van der Waals surface area (Å²) in [5.41, 5.74) is 3.06. The molecule has 0 saturated carbocycles. The molecule has 0 amide bonds. The molecule has 0 unspecified atom stereocenters. The molecule has 17 heavy (non-hydrogen) atoms. The van der Waals surface area contributed by atoms with Gasteiger partial charge in [0, 0.05) is 6.04 Å². The molecule has 1 fully saturated rings. The van der Waals surface area contributed by atoms with E-state index in [9.17, 15) is 5.11 Å². The maximum atomic E-state index is 9.74. The molecule has 92 valence electrons. The van der Waals surface area contributed by atoms with Crippen LogP contribution >= 0.6 is 0 Å². The second-order valence-corrected chi connectivity index (χ2v) is 5.79. The van der Waals surface area contributed by atoms with Crippen molar-refractivity contribution in [3.8, 4) is 5.75 Å². The largest absolute Gasteiger partial charge is 0.508 e. The summed E-state index contributed by atoms with van der Waals surface area (Å²) in [6.45, 7) is 5.77. The van der Waals surface area contributed by atoms with Crippen molar-refractivity contribution < 1.29 is 5.11 Å². The molecule has 2 N–H and O–H groups in total. The van der Waals surface area contributed by atoms with Crippen molar-refractivity contribution in [3.63, 3.8) is 0 Å². The molecule has 2 heteroatoms. The molecule has 1 aliphatic heterocycles. The van der Waals surface area contributed by atoms with Crippen LogP contribution in [-0.4, -0.2) is 17.7 Å². The summed E-state index contributed by atoms with van der Waals surface area (Å²) in [6.07, 6.45) is 3.51. The van der Waals surface area contributed by atoms with E-state index in [4.69, 9.17) is 0 Å². The van der Waals surface area contributed by atoms with E-state index >= 15 is 0 Å². The van der Waals surface area contributed by atoms with E-state index in [0.717, 1.165) is 13.0 Å². The topological polar surface area (TPSA) is 32.3 Å². The predicted molar refractivity (Wildman–Crippen MR) is 69.4 cm³/mol. The Labute approximate surface area is 103 Å². The number of aromatic hydroxyl groups is 1. The van der Waals surface area contributed by atoms with Crippen molar-refractivity contribution in [2.45, 2.75) is 44.6 Å². The van der Waals surface area contributed by atoms with Gasteiger partial charge in [-0.15, -0.1) is 0 Å². The van der Waals surface area contributed by atoms with Gasteiger partial charge >= 0.3 is 0 Å². The molecular formula is C15H21NO. The minimum absolute atomic E-state index is 0.247. The number of rotatable bonds is 1. The standard InChI is InChI=1S/C15H21NO/c1-3-12-14-8-10-4-5-11(17)9-13(10)15(12,2)6-7-16-14/h4-5,9,12,14,16-17H,3,6-8H2,1-2H3/t12-,14+,15+/m1/s1. The molecule has 2 bridgehead atoms. The maximum absolute atomic E-state index is 9.74. The molecule has 3 rings (SSSR count). The van der Waals surface area contributed by atoms with Gasteiger partial charge in [0.05, 0.1) is 0 Å². The SMILES string of the molecule is CC[C@@H]1[C@@H]2Cc3ccc(O)cc3[C@@]1(C)CCN2. The van der Waals surface area contributed by atoms with Gasteiger partial charge in [-0.25, -0.2) is 0 Å². The quantitative estimate of drug-likeness (QED) is 0.778. The third-order valence-electron chi connectivity index (χ3n) is 4.94. The first kappa shape index (κ1) is 11.1. The Morgan fingerprint density at radius 2 is 2.29 bits per heavy atom. The van der Waals surface area contributed by atoms with Gasteiger partial charge in [-0.2, -0.15) is 0 Å². The molecule has 0 radical (unpaired) electrons. The Kier molecular flexibility index (Phi) is 2.44. The van der Waals surface area contributed by atoms with Crippen LogP contribution in [0.25, 0.3) is 0 Å². The molecular weight excluding hydrogens is 210 g/mol. The maximum Gasteiger partial charge on any atom is 0.115 e. The Morgan fingerprint density at radius 1 is 1.47 bits per heavy atom. The van der Waals surface area contributed by atoms with Crippen LogP contribution in [0.4, 0.5) is 0 Å². The molecule has 1 aliphatic carbocycles. The first-order valence-corrected chi connectivity index (χ1v) is 6.71. The average molecular weight is 231 g/mol. The first-order chi connectivity index (χ1) is 8.15. The molecule has 1 aromatic carbocycles. The highest BCUT2D eigenvalue weighted by molar-refractivity contribution is 5.44. The van der Waals surface area contributed by atoms with Crippen LogP contribution in [0.15, 0.2) is 18.2 Å². The molecule has 0 spiro atoms. The summed E-state index contributed by atoms with van der Waals surface area (Å²) >= 11 is 0. The number of nitrogens with one attached hydrogen (secondary N) is 1. The molecule has 2 nitrogen and oxygen atoms in total. The number of piperidine rings is 1. The number of hydrogen-bond donors (Lipinski definition) is 2. The van der Waals surface area contributed by atoms with E-state index in [1.165, 1.54) is 24.0 Å². The Hall–Kier alpha value is -1.02. The number of hydrogen-bond acceptors (Lipinski definition) is 2. The Balaban J connectivity index is 2.15. The highest BCUT2D eigenvalue weighted by atomic mass is 16.3. The van der Waals surface area contributed by atoms with Gasteiger partial charge in [0.15, 0.2) is 0 Å². The van der Waals surface area contributed by atoms with Crippen molar-refractivity contribution in [3.05, 3.63) is 29.3 Å². The number of phenolic OH excluding ortho intramolecular Hbond substituents is 1. The van der Waals surface area contributed by atoms with Gasteiger partial charge in [0.25, 0.3) is 0 Å². The number of phenols is 1. The van der Waals surface area contributed by atoms with Crippen molar-refractivity contribution in [2.75, 3.05) is 6.54 Å². The molecule has 0 aromatic heterocycles. The van der Waals surface area contributed by atoms with Crippen LogP contribution in [0.5, 0.6) is 5.75 Å². The monoisotopic (exact) mass is 231 g/mol. The minimum atomic E-state index is 0.247. The molecule has 1 aromatic rings. The van der Waals surface area contributed by atoms with Gasteiger partial charge in [-0.05, 0) is 54.0 Å². The fraction of sp³-hybridized carbons (Fsp3) is 0.600. The van der Waals surface area contributed by atoms with Crippen molar-refractivity contribution in [2.24, 2.45) is 5.92 Å². The smallest absolute Gasteiger partial charge is 0.115 e. The average Bonchev–Trinajstić information content (AvgIpc) is 2.30.